The number of carbonyl (C=O) groups is 2. The topological polar surface area (TPSA) is 37.4 Å². The minimum Gasteiger partial charge on any atom is -0.274 e. The maximum absolute atomic E-state index is 12.9. The zero-order valence-electron chi connectivity index (χ0n) is 12.9. The zero-order chi connectivity index (χ0) is 17.5. The summed E-state index contributed by atoms with van der Waals surface area (Å²) >= 11 is 15.4. The summed E-state index contributed by atoms with van der Waals surface area (Å²) in [5.41, 5.74) is 0.648. The number of carbonyl (C=O) groups excluding carboxylic acids is 2. The van der Waals surface area contributed by atoms with Crippen molar-refractivity contribution in [1.82, 2.24) is 0 Å². The molecule has 1 aliphatic rings. The molecular formula is C18H14BrCl2NO2. The van der Waals surface area contributed by atoms with Crippen LogP contribution >= 0.6 is 39.1 Å². The van der Waals surface area contributed by atoms with Crippen LogP contribution < -0.4 is 4.90 Å². The molecule has 24 heavy (non-hydrogen) atoms. The lowest BCUT2D eigenvalue weighted by molar-refractivity contribution is -0.125. The molecule has 0 unspecified atom stereocenters. The van der Waals surface area contributed by atoms with Gasteiger partial charge in [0.25, 0.3) is 0 Å². The van der Waals surface area contributed by atoms with Gasteiger partial charge in [-0.3, -0.25) is 9.59 Å². The van der Waals surface area contributed by atoms with Gasteiger partial charge in [-0.1, -0.05) is 51.3 Å². The fraction of sp³-hybridized carbons (Fsp3) is 0.222. The van der Waals surface area contributed by atoms with E-state index in [-0.39, 0.29) is 18.2 Å². The van der Waals surface area contributed by atoms with Crippen molar-refractivity contribution in [3.8, 4) is 0 Å². The van der Waals surface area contributed by atoms with Gasteiger partial charge in [-0.25, -0.2) is 4.90 Å². The van der Waals surface area contributed by atoms with E-state index >= 15 is 0 Å². The third-order valence-corrected chi connectivity index (χ3v) is 5.09. The third-order valence-electron chi connectivity index (χ3n) is 4.12. The summed E-state index contributed by atoms with van der Waals surface area (Å²) in [5.74, 6) is -0.466. The predicted molar refractivity (Wildman–Crippen MR) is 99.5 cm³/mol. The maximum Gasteiger partial charge on any atom is 0.240 e. The molecule has 124 valence electrons. The highest BCUT2D eigenvalue weighted by Crippen LogP contribution is 2.39. The first kappa shape index (κ1) is 17.5. The molecule has 2 aromatic rings. The highest BCUT2D eigenvalue weighted by atomic mass is 79.9. The van der Waals surface area contributed by atoms with Crippen LogP contribution in [0.5, 0.6) is 0 Å². The molecule has 6 heteroatoms. The summed E-state index contributed by atoms with van der Waals surface area (Å²) in [5, 5.41) is 0.777. The summed E-state index contributed by atoms with van der Waals surface area (Å²) in [6.45, 7) is 1.82. The smallest absolute Gasteiger partial charge is 0.240 e. The van der Waals surface area contributed by atoms with E-state index in [0.717, 1.165) is 10.0 Å². The van der Waals surface area contributed by atoms with Crippen molar-refractivity contribution in [3.63, 3.8) is 0 Å². The van der Waals surface area contributed by atoms with Gasteiger partial charge in [0.05, 0.1) is 11.1 Å². The molecule has 0 spiro atoms. The van der Waals surface area contributed by atoms with Gasteiger partial charge in [-0.2, -0.15) is 0 Å². The monoisotopic (exact) mass is 425 g/mol. The molecule has 3 nitrogen and oxygen atoms in total. The molecule has 0 aliphatic carbocycles. The molecule has 0 saturated carbocycles. The van der Waals surface area contributed by atoms with Crippen molar-refractivity contribution in [2.75, 3.05) is 4.90 Å². The lowest BCUT2D eigenvalue weighted by Crippen LogP contribution is -2.35. The largest absolute Gasteiger partial charge is 0.274 e. The van der Waals surface area contributed by atoms with E-state index in [4.69, 9.17) is 23.2 Å². The average molecular weight is 427 g/mol. The molecule has 2 amide bonds. The Labute approximate surface area is 158 Å². The van der Waals surface area contributed by atoms with Crippen LogP contribution in [0.1, 0.15) is 18.9 Å². The van der Waals surface area contributed by atoms with Gasteiger partial charge < -0.3 is 0 Å². The molecule has 1 saturated heterocycles. The number of benzene rings is 2. The van der Waals surface area contributed by atoms with Crippen LogP contribution in [-0.4, -0.2) is 11.8 Å². The van der Waals surface area contributed by atoms with E-state index in [1.54, 1.807) is 18.2 Å². The van der Waals surface area contributed by atoms with Crippen LogP contribution in [0.3, 0.4) is 0 Å². The second-order valence-electron chi connectivity index (χ2n) is 6.20. The van der Waals surface area contributed by atoms with Gasteiger partial charge >= 0.3 is 0 Å². The Morgan fingerprint density at radius 3 is 2.25 bits per heavy atom. The molecule has 0 radical (unpaired) electrons. The van der Waals surface area contributed by atoms with Crippen LogP contribution in [0, 0.1) is 5.41 Å². The number of hydrogen-bond donors (Lipinski definition) is 0. The van der Waals surface area contributed by atoms with Gasteiger partial charge in [0, 0.05) is 20.9 Å². The molecule has 3 rings (SSSR count). The van der Waals surface area contributed by atoms with Crippen molar-refractivity contribution in [2.24, 2.45) is 5.41 Å². The first-order valence-electron chi connectivity index (χ1n) is 7.36. The molecule has 2 aromatic carbocycles. The molecule has 1 atom stereocenters. The van der Waals surface area contributed by atoms with Gasteiger partial charge in [0.2, 0.25) is 11.8 Å². The Hall–Kier alpha value is -1.36. The second kappa shape index (κ2) is 6.51. The third kappa shape index (κ3) is 3.37. The quantitative estimate of drug-likeness (QED) is 0.627. The maximum atomic E-state index is 12.9. The molecule has 0 bridgehead atoms. The molecule has 1 heterocycles. The van der Waals surface area contributed by atoms with Gasteiger partial charge in [-0.15, -0.1) is 0 Å². The van der Waals surface area contributed by atoms with Crippen molar-refractivity contribution in [1.29, 1.82) is 0 Å². The van der Waals surface area contributed by atoms with Crippen LogP contribution in [0.25, 0.3) is 0 Å². The second-order valence-corrected chi connectivity index (χ2v) is 7.99. The number of halogens is 3. The Morgan fingerprint density at radius 1 is 1.08 bits per heavy atom. The van der Waals surface area contributed by atoms with E-state index in [9.17, 15) is 9.59 Å². The fourth-order valence-electron chi connectivity index (χ4n) is 2.99. The van der Waals surface area contributed by atoms with Gasteiger partial charge in [0.15, 0.2) is 0 Å². The lowest BCUT2D eigenvalue weighted by atomic mass is 9.82. The molecular weight excluding hydrogens is 413 g/mol. The van der Waals surface area contributed by atoms with Crippen molar-refractivity contribution >= 4 is 56.6 Å². The normalized spacial score (nSPS) is 20.8. The number of hydrogen-bond acceptors (Lipinski definition) is 2. The highest BCUT2D eigenvalue weighted by Gasteiger charge is 2.48. The van der Waals surface area contributed by atoms with Crippen molar-refractivity contribution < 1.29 is 9.59 Å². The zero-order valence-corrected chi connectivity index (χ0v) is 16.0. The number of rotatable bonds is 3. The minimum absolute atomic E-state index is 0.159. The Kier molecular flexibility index (Phi) is 4.73. The van der Waals surface area contributed by atoms with E-state index in [0.29, 0.717) is 22.2 Å². The number of anilines is 1. The number of amides is 2. The Balaban J connectivity index is 1.91. The summed E-state index contributed by atoms with van der Waals surface area (Å²) in [6, 6.07) is 12.5. The van der Waals surface area contributed by atoms with E-state index in [1.165, 1.54) is 4.90 Å². The molecule has 1 fully saturated rings. The van der Waals surface area contributed by atoms with Gasteiger partial charge in [0.1, 0.15) is 0 Å². The molecule has 1 aliphatic heterocycles. The first-order valence-corrected chi connectivity index (χ1v) is 8.91. The fourth-order valence-corrected chi connectivity index (χ4v) is 3.77. The highest BCUT2D eigenvalue weighted by molar-refractivity contribution is 9.10. The Bertz CT molecular complexity index is 802. The van der Waals surface area contributed by atoms with Crippen LogP contribution in [0.4, 0.5) is 5.69 Å². The summed E-state index contributed by atoms with van der Waals surface area (Å²) in [7, 11) is 0. The number of imide groups is 1. The SMILES string of the molecule is C[C@@]1(Cc2ccc(Br)cc2)CC(=O)N(c2cc(Cl)cc(Cl)c2)C1=O. The standard InChI is InChI=1S/C18H14BrCl2NO2/c1-18(9-11-2-4-12(19)5-3-11)10-16(23)22(17(18)24)15-7-13(20)6-14(21)8-15/h2-8H,9-10H2,1H3/t18-/m1/s1. The number of nitrogens with zero attached hydrogens (tertiary/aromatic N) is 1. The van der Waals surface area contributed by atoms with E-state index < -0.39 is 5.41 Å². The van der Waals surface area contributed by atoms with Crippen molar-refractivity contribution in [2.45, 2.75) is 19.8 Å². The average Bonchev–Trinajstić information content (AvgIpc) is 2.70. The van der Waals surface area contributed by atoms with E-state index in [2.05, 4.69) is 15.9 Å². The first-order chi connectivity index (χ1) is 11.3. The minimum atomic E-state index is -0.778. The lowest BCUT2D eigenvalue weighted by Gasteiger charge is -2.22. The van der Waals surface area contributed by atoms with Crippen LogP contribution in [0.15, 0.2) is 46.9 Å². The summed E-state index contributed by atoms with van der Waals surface area (Å²) < 4.78 is 0.973. The Morgan fingerprint density at radius 2 is 1.67 bits per heavy atom. The molecule has 0 aromatic heterocycles. The predicted octanol–water partition coefficient (Wildman–Crippen LogP) is 5.27. The van der Waals surface area contributed by atoms with Gasteiger partial charge in [-0.05, 0) is 49.2 Å². The van der Waals surface area contributed by atoms with Crippen molar-refractivity contribution in [3.05, 3.63) is 62.5 Å². The van der Waals surface area contributed by atoms with Crippen LogP contribution in [0.2, 0.25) is 10.0 Å². The molecule has 0 N–H and O–H groups in total. The summed E-state index contributed by atoms with van der Waals surface area (Å²) in [6.07, 6.45) is 0.654. The van der Waals surface area contributed by atoms with Crippen LogP contribution in [-0.2, 0) is 16.0 Å². The van der Waals surface area contributed by atoms with E-state index in [1.807, 2.05) is 31.2 Å². The summed E-state index contributed by atoms with van der Waals surface area (Å²) in [4.78, 5) is 26.6.